The van der Waals surface area contributed by atoms with Gasteiger partial charge in [-0.05, 0) is 24.6 Å². The van der Waals surface area contributed by atoms with Crippen LogP contribution in [0, 0.1) is 6.92 Å². The standard InChI is InChI=1S/C12H11ClN2O2/c1-8-14-6-11(12(16)17)15(8)7-9-2-4-10(13)5-3-9/h2-6H,7H2,1H3,(H,16,17). The Balaban J connectivity index is 2.32. The van der Waals surface area contributed by atoms with Gasteiger partial charge >= 0.3 is 5.97 Å². The quantitative estimate of drug-likeness (QED) is 0.911. The van der Waals surface area contributed by atoms with Crippen molar-refractivity contribution in [1.82, 2.24) is 9.55 Å². The van der Waals surface area contributed by atoms with Gasteiger partial charge in [-0.25, -0.2) is 9.78 Å². The monoisotopic (exact) mass is 250 g/mol. The van der Waals surface area contributed by atoms with E-state index >= 15 is 0 Å². The van der Waals surface area contributed by atoms with E-state index in [0.29, 0.717) is 17.4 Å². The Morgan fingerprint density at radius 1 is 1.41 bits per heavy atom. The number of rotatable bonds is 3. The molecule has 1 N–H and O–H groups in total. The summed E-state index contributed by atoms with van der Waals surface area (Å²) < 4.78 is 1.66. The number of aromatic carboxylic acids is 1. The fourth-order valence-corrected chi connectivity index (χ4v) is 1.74. The molecule has 0 fully saturated rings. The lowest BCUT2D eigenvalue weighted by molar-refractivity contribution is 0.0685. The van der Waals surface area contributed by atoms with Crippen molar-refractivity contribution in [2.75, 3.05) is 0 Å². The van der Waals surface area contributed by atoms with Crippen molar-refractivity contribution >= 4 is 17.6 Å². The second kappa shape index (κ2) is 4.59. The molecule has 0 unspecified atom stereocenters. The number of carboxylic acid groups (broad SMARTS) is 1. The zero-order valence-corrected chi connectivity index (χ0v) is 9.98. The van der Waals surface area contributed by atoms with E-state index in [4.69, 9.17) is 16.7 Å². The summed E-state index contributed by atoms with van der Waals surface area (Å²) in [4.78, 5) is 15.0. The van der Waals surface area contributed by atoms with E-state index < -0.39 is 5.97 Å². The van der Waals surface area contributed by atoms with Crippen molar-refractivity contribution < 1.29 is 9.90 Å². The molecule has 5 heteroatoms. The number of carboxylic acids is 1. The lowest BCUT2D eigenvalue weighted by Gasteiger charge is -2.07. The first-order chi connectivity index (χ1) is 8.08. The first kappa shape index (κ1) is 11.7. The molecular weight excluding hydrogens is 240 g/mol. The van der Waals surface area contributed by atoms with Gasteiger partial charge in [0.05, 0.1) is 6.20 Å². The van der Waals surface area contributed by atoms with E-state index in [2.05, 4.69) is 4.98 Å². The molecule has 2 aromatic rings. The lowest BCUT2D eigenvalue weighted by Crippen LogP contribution is -2.10. The molecule has 0 atom stereocenters. The van der Waals surface area contributed by atoms with Crippen molar-refractivity contribution in [3.05, 3.63) is 52.6 Å². The molecule has 1 aromatic heterocycles. The molecule has 0 spiro atoms. The SMILES string of the molecule is Cc1ncc(C(=O)O)n1Cc1ccc(Cl)cc1. The Hall–Kier alpha value is -1.81. The van der Waals surface area contributed by atoms with Crippen LogP contribution >= 0.6 is 11.6 Å². The number of benzene rings is 1. The van der Waals surface area contributed by atoms with E-state index in [0.717, 1.165) is 5.56 Å². The third-order valence-electron chi connectivity index (χ3n) is 2.53. The molecule has 1 aromatic carbocycles. The summed E-state index contributed by atoms with van der Waals surface area (Å²) in [5, 5.41) is 9.68. The van der Waals surface area contributed by atoms with Gasteiger partial charge in [-0.1, -0.05) is 23.7 Å². The number of aryl methyl sites for hydroxylation is 1. The Kier molecular flexibility index (Phi) is 3.15. The summed E-state index contributed by atoms with van der Waals surface area (Å²) in [6, 6.07) is 7.30. The molecule has 0 saturated carbocycles. The molecule has 2 rings (SSSR count). The maximum atomic E-state index is 11.0. The van der Waals surface area contributed by atoms with Crippen molar-refractivity contribution in [2.45, 2.75) is 13.5 Å². The predicted molar refractivity (Wildman–Crippen MR) is 64.5 cm³/mol. The highest BCUT2D eigenvalue weighted by Gasteiger charge is 2.13. The molecule has 0 aliphatic heterocycles. The van der Waals surface area contributed by atoms with Gasteiger partial charge in [-0.15, -0.1) is 0 Å². The predicted octanol–water partition coefficient (Wildman–Crippen LogP) is 2.59. The van der Waals surface area contributed by atoms with Crippen molar-refractivity contribution in [2.24, 2.45) is 0 Å². The largest absolute Gasteiger partial charge is 0.477 e. The number of imidazole rings is 1. The summed E-state index contributed by atoms with van der Waals surface area (Å²) >= 11 is 5.79. The highest BCUT2D eigenvalue weighted by atomic mass is 35.5. The molecule has 88 valence electrons. The highest BCUT2D eigenvalue weighted by Crippen LogP contribution is 2.13. The molecule has 0 bridgehead atoms. The Bertz CT molecular complexity index is 546. The number of nitrogens with zero attached hydrogens (tertiary/aromatic N) is 2. The van der Waals surface area contributed by atoms with Gasteiger partial charge in [0.1, 0.15) is 11.5 Å². The first-order valence-corrected chi connectivity index (χ1v) is 5.45. The summed E-state index contributed by atoms with van der Waals surface area (Å²) in [7, 11) is 0. The van der Waals surface area contributed by atoms with Crippen LogP contribution in [0.4, 0.5) is 0 Å². The van der Waals surface area contributed by atoms with Crippen LogP contribution in [-0.4, -0.2) is 20.6 Å². The van der Waals surface area contributed by atoms with Crippen molar-refractivity contribution in [3.63, 3.8) is 0 Å². The summed E-state index contributed by atoms with van der Waals surface area (Å²) in [5.74, 6) is -0.295. The molecule has 17 heavy (non-hydrogen) atoms. The molecule has 4 nitrogen and oxygen atoms in total. The number of halogens is 1. The van der Waals surface area contributed by atoms with Gasteiger partial charge in [0, 0.05) is 11.6 Å². The Morgan fingerprint density at radius 2 is 2.06 bits per heavy atom. The molecule has 0 amide bonds. The van der Waals surface area contributed by atoms with Crippen LogP contribution in [0.2, 0.25) is 5.02 Å². The molecule has 0 aliphatic carbocycles. The van der Waals surface area contributed by atoms with Crippen LogP contribution in [0.15, 0.2) is 30.5 Å². The Labute approximate surface area is 103 Å². The van der Waals surface area contributed by atoms with Crippen molar-refractivity contribution in [1.29, 1.82) is 0 Å². The third-order valence-corrected chi connectivity index (χ3v) is 2.78. The van der Waals surface area contributed by atoms with Gasteiger partial charge in [-0.2, -0.15) is 0 Å². The molecule has 0 saturated heterocycles. The van der Waals surface area contributed by atoms with Gasteiger partial charge in [0.15, 0.2) is 0 Å². The zero-order valence-electron chi connectivity index (χ0n) is 9.22. The van der Waals surface area contributed by atoms with E-state index in [1.165, 1.54) is 6.20 Å². The minimum absolute atomic E-state index is 0.192. The van der Waals surface area contributed by atoms with Crippen LogP contribution in [0.1, 0.15) is 21.9 Å². The summed E-state index contributed by atoms with van der Waals surface area (Å²) in [6.07, 6.45) is 1.37. The molecule has 0 aliphatic rings. The minimum Gasteiger partial charge on any atom is -0.477 e. The Morgan fingerprint density at radius 3 is 2.65 bits per heavy atom. The van der Waals surface area contributed by atoms with E-state index in [9.17, 15) is 4.79 Å². The highest BCUT2D eigenvalue weighted by molar-refractivity contribution is 6.30. The molecule has 1 heterocycles. The van der Waals surface area contributed by atoms with E-state index in [1.54, 1.807) is 23.6 Å². The maximum absolute atomic E-state index is 11.0. The number of hydrogen-bond acceptors (Lipinski definition) is 2. The van der Waals surface area contributed by atoms with Gasteiger partial charge in [0.2, 0.25) is 0 Å². The van der Waals surface area contributed by atoms with Crippen molar-refractivity contribution in [3.8, 4) is 0 Å². The van der Waals surface area contributed by atoms with Crippen LogP contribution in [0.3, 0.4) is 0 Å². The van der Waals surface area contributed by atoms with Crippen LogP contribution < -0.4 is 0 Å². The normalized spacial score (nSPS) is 10.5. The minimum atomic E-state index is -0.973. The molecule has 0 radical (unpaired) electrons. The van der Waals surface area contributed by atoms with E-state index in [-0.39, 0.29) is 5.69 Å². The van der Waals surface area contributed by atoms with Gasteiger partial charge in [0.25, 0.3) is 0 Å². The van der Waals surface area contributed by atoms with Gasteiger partial charge < -0.3 is 9.67 Å². The maximum Gasteiger partial charge on any atom is 0.354 e. The second-order valence-corrected chi connectivity index (χ2v) is 4.14. The van der Waals surface area contributed by atoms with Crippen LogP contribution in [0.5, 0.6) is 0 Å². The third kappa shape index (κ3) is 2.47. The smallest absolute Gasteiger partial charge is 0.354 e. The summed E-state index contributed by atoms with van der Waals surface area (Å²) in [6.45, 7) is 2.26. The fourth-order valence-electron chi connectivity index (χ4n) is 1.61. The zero-order chi connectivity index (χ0) is 12.4. The average molecular weight is 251 g/mol. The van der Waals surface area contributed by atoms with Gasteiger partial charge in [-0.3, -0.25) is 0 Å². The summed E-state index contributed by atoms with van der Waals surface area (Å²) in [5.41, 5.74) is 1.18. The van der Waals surface area contributed by atoms with E-state index in [1.807, 2.05) is 12.1 Å². The molecular formula is C12H11ClN2O2. The first-order valence-electron chi connectivity index (χ1n) is 5.08. The van der Waals surface area contributed by atoms with Crippen LogP contribution in [-0.2, 0) is 6.54 Å². The number of hydrogen-bond donors (Lipinski definition) is 1. The van der Waals surface area contributed by atoms with Crippen LogP contribution in [0.25, 0.3) is 0 Å². The number of carbonyl (C=O) groups is 1. The average Bonchev–Trinajstić information content (AvgIpc) is 2.64. The fraction of sp³-hybridized carbons (Fsp3) is 0.167. The lowest BCUT2D eigenvalue weighted by atomic mass is 10.2. The second-order valence-electron chi connectivity index (χ2n) is 3.71. The number of aromatic nitrogens is 2. The topological polar surface area (TPSA) is 55.1 Å².